The molecule has 0 saturated carbocycles. The van der Waals surface area contributed by atoms with Gasteiger partial charge in [-0.3, -0.25) is 4.90 Å². The fourth-order valence-electron chi connectivity index (χ4n) is 2.58. The van der Waals surface area contributed by atoms with Gasteiger partial charge >= 0.3 is 0 Å². The lowest BCUT2D eigenvalue weighted by molar-refractivity contribution is 0.164. The van der Waals surface area contributed by atoms with E-state index in [1.54, 1.807) is 12.1 Å². The second kappa shape index (κ2) is 6.07. The Balaban J connectivity index is 2.19. The maximum Gasteiger partial charge on any atom is 0.157 e. The van der Waals surface area contributed by atoms with Crippen molar-refractivity contribution in [2.45, 2.75) is 25.8 Å². The average Bonchev–Trinajstić information content (AvgIpc) is 2.40. The first-order valence-corrected chi connectivity index (χ1v) is 6.69. The Morgan fingerprint density at radius 3 is 2.56 bits per heavy atom. The van der Waals surface area contributed by atoms with Gasteiger partial charge in [0.05, 0.1) is 0 Å². The summed E-state index contributed by atoms with van der Waals surface area (Å²) < 4.78 is 0. The summed E-state index contributed by atoms with van der Waals surface area (Å²) >= 11 is 0. The minimum Gasteiger partial charge on any atom is -0.504 e. The van der Waals surface area contributed by atoms with E-state index in [1.807, 2.05) is 6.07 Å². The molecule has 0 amide bonds. The summed E-state index contributed by atoms with van der Waals surface area (Å²) in [6, 6.07) is 5.52. The zero-order valence-corrected chi connectivity index (χ0v) is 10.9. The molecule has 0 unspecified atom stereocenters. The van der Waals surface area contributed by atoms with Crippen LogP contribution in [0.15, 0.2) is 18.2 Å². The summed E-state index contributed by atoms with van der Waals surface area (Å²) in [4.78, 5) is 2.45. The number of aromatic hydroxyl groups is 2. The van der Waals surface area contributed by atoms with Crippen LogP contribution in [0.2, 0.25) is 0 Å². The predicted octanol–water partition coefficient (Wildman–Crippen LogP) is 1.84. The van der Waals surface area contributed by atoms with Crippen molar-refractivity contribution >= 4 is 0 Å². The van der Waals surface area contributed by atoms with Crippen molar-refractivity contribution in [3.8, 4) is 11.5 Å². The summed E-state index contributed by atoms with van der Waals surface area (Å²) in [5.41, 5.74) is 1.09. The van der Waals surface area contributed by atoms with Gasteiger partial charge in [-0.15, -0.1) is 0 Å². The maximum absolute atomic E-state index is 9.63. The summed E-state index contributed by atoms with van der Waals surface area (Å²) in [6.45, 7) is 6.28. The average molecular weight is 250 g/mol. The quantitative estimate of drug-likeness (QED) is 0.714. The van der Waals surface area contributed by atoms with Gasteiger partial charge in [-0.1, -0.05) is 19.4 Å². The maximum atomic E-state index is 9.63. The van der Waals surface area contributed by atoms with Gasteiger partial charge in [0.2, 0.25) is 0 Å². The molecule has 1 heterocycles. The van der Waals surface area contributed by atoms with E-state index < -0.39 is 0 Å². The topological polar surface area (TPSA) is 55.7 Å². The van der Waals surface area contributed by atoms with Gasteiger partial charge in [0.1, 0.15) is 0 Å². The fraction of sp³-hybridized carbons (Fsp3) is 0.571. The Morgan fingerprint density at radius 2 is 1.94 bits per heavy atom. The van der Waals surface area contributed by atoms with Crippen LogP contribution in [0.3, 0.4) is 0 Å². The minimum absolute atomic E-state index is 0.0243. The second-order valence-corrected chi connectivity index (χ2v) is 4.84. The Labute approximate surface area is 108 Å². The normalized spacial score (nSPS) is 18.7. The molecule has 0 aromatic heterocycles. The molecule has 100 valence electrons. The van der Waals surface area contributed by atoms with E-state index in [9.17, 15) is 10.2 Å². The number of hydrogen-bond acceptors (Lipinski definition) is 4. The van der Waals surface area contributed by atoms with Crippen LogP contribution in [0.5, 0.6) is 11.5 Å². The Hall–Kier alpha value is -1.26. The predicted molar refractivity (Wildman–Crippen MR) is 71.9 cm³/mol. The monoisotopic (exact) mass is 250 g/mol. The summed E-state index contributed by atoms with van der Waals surface area (Å²) in [5.74, 6) is -0.0713. The molecule has 0 radical (unpaired) electrons. The molecule has 2 rings (SSSR count). The van der Waals surface area contributed by atoms with Crippen LogP contribution in [0, 0.1) is 0 Å². The standard InChI is InChI=1S/C14H22N2O2/c1-2-3-12(16-8-6-15-7-9-16)11-4-5-13(17)14(18)10-11/h4-5,10,12,15,17-18H,2-3,6-9H2,1H3/t12-/m0/s1. The molecule has 0 aliphatic carbocycles. The third-order valence-corrected chi connectivity index (χ3v) is 3.54. The lowest BCUT2D eigenvalue weighted by Crippen LogP contribution is -2.45. The highest BCUT2D eigenvalue weighted by Gasteiger charge is 2.21. The number of rotatable bonds is 4. The molecule has 1 aromatic carbocycles. The number of phenols is 2. The number of nitrogens with zero attached hydrogens (tertiary/aromatic N) is 1. The van der Waals surface area contributed by atoms with Crippen LogP contribution in [0.4, 0.5) is 0 Å². The fourth-order valence-corrected chi connectivity index (χ4v) is 2.58. The van der Waals surface area contributed by atoms with E-state index in [0.717, 1.165) is 44.6 Å². The molecular formula is C14H22N2O2. The largest absolute Gasteiger partial charge is 0.504 e. The van der Waals surface area contributed by atoms with Crippen molar-refractivity contribution in [1.82, 2.24) is 10.2 Å². The third kappa shape index (κ3) is 2.94. The number of nitrogens with one attached hydrogen (secondary N) is 1. The van der Waals surface area contributed by atoms with Gasteiger partial charge < -0.3 is 15.5 Å². The molecular weight excluding hydrogens is 228 g/mol. The molecule has 1 saturated heterocycles. The van der Waals surface area contributed by atoms with Gasteiger partial charge in [0.15, 0.2) is 11.5 Å². The van der Waals surface area contributed by atoms with Crippen LogP contribution >= 0.6 is 0 Å². The lowest BCUT2D eigenvalue weighted by Gasteiger charge is -2.35. The van der Waals surface area contributed by atoms with E-state index in [-0.39, 0.29) is 11.5 Å². The van der Waals surface area contributed by atoms with Gasteiger partial charge in [0.25, 0.3) is 0 Å². The van der Waals surface area contributed by atoms with Gasteiger partial charge in [-0.2, -0.15) is 0 Å². The SMILES string of the molecule is CCC[C@@H](c1ccc(O)c(O)c1)N1CCNCC1. The second-order valence-electron chi connectivity index (χ2n) is 4.84. The summed E-state index contributed by atoms with van der Waals surface area (Å²) in [6.07, 6.45) is 2.18. The van der Waals surface area contributed by atoms with Gasteiger partial charge in [-0.25, -0.2) is 0 Å². The van der Waals surface area contributed by atoms with Crippen molar-refractivity contribution in [1.29, 1.82) is 0 Å². The molecule has 1 aliphatic heterocycles. The number of phenolic OH excluding ortho intramolecular Hbond substituents is 2. The van der Waals surface area contributed by atoms with E-state index in [2.05, 4.69) is 17.1 Å². The van der Waals surface area contributed by atoms with Crippen molar-refractivity contribution in [3.63, 3.8) is 0 Å². The highest BCUT2D eigenvalue weighted by Crippen LogP contribution is 2.32. The molecule has 18 heavy (non-hydrogen) atoms. The summed E-state index contributed by atoms with van der Waals surface area (Å²) in [5, 5.41) is 22.4. The number of piperazine rings is 1. The van der Waals surface area contributed by atoms with Crippen LogP contribution in [0.25, 0.3) is 0 Å². The van der Waals surface area contributed by atoms with Gasteiger partial charge in [0, 0.05) is 32.2 Å². The highest BCUT2D eigenvalue weighted by atomic mass is 16.3. The van der Waals surface area contributed by atoms with E-state index in [4.69, 9.17) is 0 Å². The van der Waals surface area contributed by atoms with Gasteiger partial charge in [-0.05, 0) is 24.1 Å². The van der Waals surface area contributed by atoms with Crippen LogP contribution in [0.1, 0.15) is 31.4 Å². The van der Waals surface area contributed by atoms with Crippen molar-refractivity contribution in [2.75, 3.05) is 26.2 Å². The van der Waals surface area contributed by atoms with Crippen molar-refractivity contribution < 1.29 is 10.2 Å². The first-order chi connectivity index (χ1) is 8.72. The van der Waals surface area contributed by atoms with E-state index >= 15 is 0 Å². The Bertz CT molecular complexity index is 389. The van der Waals surface area contributed by atoms with Crippen molar-refractivity contribution in [3.05, 3.63) is 23.8 Å². The minimum atomic E-state index is -0.0469. The Kier molecular flexibility index (Phi) is 4.44. The molecule has 4 heteroatoms. The molecule has 1 aliphatic rings. The first kappa shape index (κ1) is 13.2. The molecule has 1 aromatic rings. The Morgan fingerprint density at radius 1 is 1.22 bits per heavy atom. The zero-order chi connectivity index (χ0) is 13.0. The molecule has 0 bridgehead atoms. The third-order valence-electron chi connectivity index (χ3n) is 3.54. The van der Waals surface area contributed by atoms with Crippen LogP contribution < -0.4 is 5.32 Å². The van der Waals surface area contributed by atoms with Crippen LogP contribution in [-0.4, -0.2) is 41.3 Å². The summed E-state index contributed by atoms with van der Waals surface area (Å²) in [7, 11) is 0. The molecule has 0 spiro atoms. The smallest absolute Gasteiger partial charge is 0.157 e. The zero-order valence-electron chi connectivity index (χ0n) is 10.9. The highest BCUT2D eigenvalue weighted by molar-refractivity contribution is 5.41. The lowest BCUT2D eigenvalue weighted by atomic mass is 9.99. The molecule has 1 fully saturated rings. The number of benzene rings is 1. The van der Waals surface area contributed by atoms with Crippen molar-refractivity contribution in [2.24, 2.45) is 0 Å². The van der Waals surface area contributed by atoms with E-state index in [1.165, 1.54) is 0 Å². The van der Waals surface area contributed by atoms with E-state index in [0.29, 0.717) is 6.04 Å². The molecule has 1 atom stereocenters. The van der Waals surface area contributed by atoms with Crippen LogP contribution in [-0.2, 0) is 0 Å². The number of hydrogen-bond donors (Lipinski definition) is 3. The first-order valence-electron chi connectivity index (χ1n) is 6.69. The molecule has 3 N–H and O–H groups in total. The molecule has 4 nitrogen and oxygen atoms in total.